The second-order valence-corrected chi connectivity index (χ2v) is 16.2. The Balaban J connectivity index is 0.695. The number of hydrogen-bond donors (Lipinski definition) is 3. The average molecular weight is 797 g/mol. The number of benzene rings is 2. The summed E-state index contributed by atoms with van der Waals surface area (Å²) in [7, 11) is 1.90. The zero-order valence-electron chi connectivity index (χ0n) is 33.4. The number of nitrogens with one attached hydrogen (secondary N) is 3. The minimum Gasteiger partial charge on any atom is -0.474 e. The van der Waals surface area contributed by atoms with Gasteiger partial charge in [0.15, 0.2) is 0 Å². The lowest BCUT2D eigenvalue weighted by atomic mass is 9.93. The summed E-state index contributed by atoms with van der Waals surface area (Å²) in [6.45, 7) is 10.2. The van der Waals surface area contributed by atoms with Crippen LogP contribution in [0.1, 0.15) is 46.8 Å². The molecule has 8 heterocycles. The minimum absolute atomic E-state index is 0.150. The first-order valence-corrected chi connectivity index (χ1v) is 20.6. The van der Waals surface area contributed by atoms with Crippen LogP contribution < -0.4 is 30.5 Å². The summed E-state index contributed by atoms with van der Waals surface area (Å²) >= 11 is 0. The van der Waals surface area contributed by atoms with E-state index in [1.54, 1.807) is 0 Å². The van der Waals surface area contributed by atoms with Crippen LogP contribution in [0.15, 0.2) is 54.9 Å². The number of fused-ring (bicyclic) bond motifs is 3. The molecular weight excluding hydrogens is 749 g/mol. The number of carbonyl (C=O) groups is 3. The van der Waals surface area contributed by atoms with Crippen molar-refractivity contribution < 1.29 is 19.1 Å². The number of imide groups is 1. The number of piperidine rings is 1. The van der Waals surface area contributed by atoms with Crippen LogP contribution in [0.2, 0.25) is 0 Å². The molecule has 5 aromatic rings. The lowest BCUT2D eigenvalue weighted by Crippen LogP contribution is -2.64. The van der Waals surface area contributed by atoms with E-state index >= 15 is 0 Å². The topological polar surface area (TPSA) is 166 Å². The van der Waals surface area contributed by atoms with E-state index in [4.69, 9.17) is 14.8 Å². The summed E-state index contributed by atoms with van der Waals surface area (Å²) in [5.41, 5.74) is 10.0. The summed E-state index contributed by atoms with van der Waals surface area (Å²) < 4.78 is 7.56. The van der Waals surface area contributed by atoms with Gasteiger partial charge in [-0.25, -0.2) is 15.0 Å². The van der Waals surface area contributed by atoms with Crippen molar-refractivity contribution in [1.82, 2.24) is 39.8 Å². The lowest BCUT2D eigenvalue weighted by Gasteiger charge is -2.48. The van der Waals surface area contributed by atoms with Crippen molar-refractivity contribution in [3.63, 3.8) is 0 Å². The number of hydrogen-bond acceptors (Lipinski definition) is 13. The van der Waals surface area contributed by atoms with Crippen LogP contribution in [0.3, 0.4) is 0 Å². The molecule has 304 valence electrons. The van der Waals surface area contributed by atoms with E-state index in [1.807, 2.05) is 53.3 Å². The monoisotopic (exact) mass is 796 g/mol. The molecule has 59 heavy (non-hydrogen) atoms. The van der Waals surface area contributed by atoms with Crippen molar-refractivity contribution in [2.75, 3.05) is 79.4 Å². The molecular formula is C43H48N12O4. The molecule has 1 unspecified atom stereocenters. The van der Waals surface area contributed by atoms with E-state index in [-0.39, 0.29) is 17.7 Å². The zero-order valence-corrected chi connectivity index (χ0v) is 33.4. The first-order valence-electron chi connectivity index (χ1n) is 20.6. The van der Waals surface area contributed by atoms with Gasteiger partial charge < -0.3 is 30.1 Å². The number of likely N-dealkylation sites (tertiary alicyclic amines) is 1. The summed E-state index contributed by atoms with van der Waals surface area (Å²) in [6.07, 6.45) is 5.86. The Morgan fingerprint density at radius 1 is 0.966 bits per heavy atom. The molecule has 3 aromatic heterocycles. The molecule has 5 aliphatic rings. The van der Waals surface area contributed by atoms with Gasteiger partial charge in [-0.2, -0.15) is 5.10 Å². The van der Waals surface area contributed by atoms with Crippen molar-refractivity contribution in [2.24, 2.45) is 7.05 Å². The van der Waals surface area contributed by atoms with Crippen molar-refractivity contribution in [1.29, 1.82) is 0 Å². The maximum Gasteiger partial charge on any atom is 0.237 e. The number of anilines is 5. The van der Waals surface area contributed by atoms with Crippen LogP contribution in [0.5, 0.6) is 5.88 Å². The predicted molar refractivity (Wildman–Crippen MR) is 223 cm³/mol. The molecule has 3 N–H and O–H groups in total. The Hall–Kier alpha value is -6.29. The van der Waals surface area contributed by atoms with E-state index in [2.05, 4.69) is 65.7 Å². The molecule has 16 nitrogen and oxygen atoms in total. The van der Waals surface area contributed by atoms with Crippen LogP contribution in [-0.2, 0) is 40.8 Å². The van der Waals surface area contributed by atoms with E-state index in [1.165, 1.54) is 0 Å². The third-order valence-electron chi connectivity index (χ3n) is 12.6. The number of rotatable bonds is 8. The first-order chi connectivity index (χ1) is 28.7. The molecule has 0 saturated carbocycles. The molecule has 0 radical (unpaired) electrons. The number of piperazine rings is 1. The van der Waals surface area contributed by atoms with E-state index in [9.17, 15) is 14.4 Å². The van der Waals surface area contributed by atoms with Gasteiger partial charge in [0.1, 0.15) is 12.3 Å². The van der Waals surface area contributed by atoms with Crippen LogP contribution in [0.4, 0.5) is 28.7 Å². The van der Waals surface area contributed by atoms with Crippen LogP contribution in [0.25, 0.3) is 10.9 Å². The molecule has 1 atom stereocenters. The van der Waals surface area contributed by atoms with E-state index < -0.39 is 5.92 Å². The van der Waals surface area contributed by atoms with Gasteiger partial charge in [0.2, 0.25) is 29.5 Å². The van der Waals surface area contributed by atoms with Gasteiger partial charge in [0.25, 0.3) is 0 Å². The SMILES string of the molecule is Cc1c(N2CCc3cnc(Nc4ccc(CC(=O)N5CC(N6CCN(c7ccc8c(C9CCC(=O)NC9=O)nn(C)c8c7)CC6)C5)cc4)nc3C2)cnc2c1NCCO2. The highest BCUT2D eigenvalue weighted by Crippen LogP contribution is 2.37. The van der Waals surface area contributed by atoms with Gasteiger partial charge in [-0.3, -0.25) is 29.3 Å². The zero-order chi connectivity index (χ0) is 40.2. The van der Waals surface area contributed by atoms with E-state index in [0.717, 1.165) is 121 Å². The Morgan fingerprint density at radius 3 is 2.61 bits per heavy atom. The molecule has 0 spiro atoms. The Labute approximate surface area is 341 Å². The molecule has 3 fully saturated rings. The fraction of sp³-hybridized carbons (Fsp3) is 0.419. The fourth-order valence-corrected chi connectivity index (χ4v) is 9.14. The summed E-state index contributed by atoms with van der Waals surface area (Å²) in [4.78, 5) is 60.8. The van der Waals surface area contributed by atoms with Crippen molar-refractivity contribution in [3.05, 3.63) is 82.9 Å². The smallest absolute Gasteiger partial charge is 0.237 e. The third-order valence-corrected chi connectivity index (χ3v) is 12.6. The largest absolute Gasteiger partial charge is 0.474 e. The van der Waals surface area contributed by atoms with Gasteiger partial charge in [0.05, 0.1) is 47.7 Å². The fourth-order valence-electron chi connectivity index (χ4n) is 9.14. The van der Waals surface area contributed by atoms with Gasteiger partial charge in [-0.15, -0.1) is 0 Å². The van der Waals surface area contributed by atoms with Crippen molar-refractivity contribution in [2.45, 2.75) is 51.1 Å². The summed E-state index contributed by atoms with van der Waals surface area (Å²) in [6, 6.07) is 14.7. The van der Waals surface area contributed by atoms with Crippen molar-refractivity contribution >= 4 is 57.3 Å². The molecule has 3 amide bonds. The number of carbonyl (C=O) groups excluding carboxylic acids is 3. The highest BCUT2D eigenvalue weighted by molar-refractivity contribution is 6.02. The predicted octanol–water partition coefficient (Wildman–Crippen LogP) is 3.27. The third kappa shape index (κ3) is 7.15. The lowest BCUT2D eigenvalue weighted by molar-refractivity contribution is -0.138. The average Bonchev–Trinajstić information content (AvgIpc) is 3.56. The molecule has 0 aliphatic carbocycles. The molecule has 16 heteroatoms. The second kappa shape index (κ2) is 15.1. The highest BCUT2D eigenvalue weighted by Gasteiger charge is 2.36. The minimum atomic E-state index is -0.415. The normalized spacial score (nSPS) is 19.7. The number of aryl methyl sites for hydroxylation is 1. The first kappa shape index (κ1) is 37.0. The molecule has 5 aliphatic heterocycles. The Kier molecular flexibility index (Phi) is 9.50. The standard InChI is InChI=1S/C43H48N12O4/c1-26-36(22-45-42-39(26)44-12-18-59-42)54-13-11-28-21-46-43(48-34(28)25-54)47-29-5-3-27(4-6-29)19-38(57)55-23-31(24-55)53-16-14-52(15-17-53)30-7-8-32-35(20-30)51(2)50-40(32)33-9-10-37(56)49-41(33)58/h3-8,20-22,31,33,44H,9-19,23-25H2,1-2H3,(H,46,47,48)(H,49,56,58). The van der Waals surface area contributed by atoms with Crippen LogP contribution >= 0.6 is 0 Å². The number of nitrogens with zero attached hydrogens (tertiary/aromatic N) is 9. The second-order valence-electron chi connectivity index (χ2n) is 16.2. The van der Waals surface area contributed by atoms with Crippen molar-refractivity contribution in [3.8, 4) is 5.88 Å². The van der Waals surface area contributed by atoms with Crippen LogP contribution in [-0.4, -0.2) is 117 Å². The Morgan fingerprint density at radius 2 is 1.80 bits per heavy atom. The number of ether oxygens (including phenoxy) is 1. The number of pyridine rings is 1. The number of amides is 3. The molecule has 2 aromatic carbocycles. The summed E-state index contributed by atoms with van der Waals surface area (Å²) in [5.74, 6) is 0.460. The van der Waals surface area contributed by atoms with Gasteiger partial charge in [-0.1, -0.05) is 12.1 Å². The van der Waals surface area contributed by atoms with Crippen LogP contribution in [0, 0.1) is 6.92 Å². The van der Waals surface area contributed by atoms with Gasteiger partial charge in [-0.05, 0) is 61.2 Å². The number of aromatic nitrogens is 5. The molecule has 3 saturated heterocycles. The molecule has 0 bridgehead atoms. The Bertz CT molecular complexity index is 2460. The van der Waals surface area contributed by atoms with Gasteiger partial charge >= 0.3 is 0 Å². The maximum atomic E-state index is 13.3. The highest BCUT2D eigenvalue weighted by atomic mass is 16.5. The summed E-state index contributed by atoms with van der Waals surface area (Å²) in [5, 5.41) is 14.9. The maximum absolute atomic E-state index is 13.3. The van der Waals surface area contributed by atoms with Gasteiger partial charge in [0, 0.05) is 100 Å². The molecule has 10 rings (SSSR count). The quantitative estimate of drug-likeness (QED) is 0.196. The van der Waals surface area contributed by atoms with E-state index in [0.29, 0.717) is 50.3 Å².